The summed E-state index contributed by atoms with van der Waals surface area (Å²) in [6.45, 7) is 5.03. The van der Waals surface area contributed by atoms with Gasteiger partial charge in [0.15, 0.2) is 0 Å². The van der Waals surface area contributed by atoms with E-state index in [0.717, 1.165) is 54.6 Å². The molecule has 0 bridgehead atoms. The Morgan fingerprint density at radius 2 is 2.20 bits per heavy atom. The Kier molecular flexibility index (Phi) is 6.25. The van der Waals surface area contributed by atoms with Crippen molar-refractivity contribution in [3.05, 3.63) is 40.2 Å². The summed E-state index contributed by atoms with van der Waals surface area (Å²) < 4.78 is 16.1. The molecule has 4 rings (SSSR count). The van der Waals surface area contributed by atoms with E-state index >= 15 is 0 Å². The number of H-pyrrole nitrogens is 1. The normalized spacial score (nSPS) is 24.3. The molecule has 1 fully saturated rings. The molecule has 0 radical (unpaired) electrons. The first-order valence-corrected chi connectivity index (χ1v) is 10.9. The van der Waals surface area contributed by atoms with Crippen LogP contribution < -0.4 is 4.74 Å². The lowest BCUT2D eigenvalue weighted by atomic mass is 9.74. The van der Waals surface area contributed by atoms with E-state index in [1.54, 1.807) is 20.5 Å². The maximum Gasteiger partial charge on any atom is 0.293 e. The van der Waals surface area contributed by atoms with Crippen molar-refractivity contribution in [3.8, 4) is 5.75 Å². The van der Waals surface area contributed by atoms with Crippen LogP contribution in [0, 0.1) is 11.8 Å². The fourth-order valence-corrected chi connectivity index (χ4v) is 5.61. The molecule has 0 amide bonds. The van der Waals surface area contributed by atoms with Crippen molar-refractivity contribution in [2.45, 2.75) is 32.2 Å². The first-order chi connectivity index (χ1) is 14.6. The molecular weight excluding hydrogens is 404 g/mol. The molecule has 0 aliphatic carbocycles. The van der Waals surface area contributed by atoms with Crippen molar-refractivity contribution < 1.29 is 19.0 Å². The van der Waals surface area contributed by atoms with E-state index < -0.39 is 0 Å². The number of hydrogen-bond acceptors (Lipinski definition) is 5. The van der Waals surface area contributed by atoms with Crippen LogP contribution in [0.4, 0.5) is 0 Å². The molecule has 1 aromatic carbocycles. The van der Waals surface area contributed by atoms with Crippen LogP contribution >= 0.6 is 11.6 Å². The number of nitrogens with one attached hydrogen (secondary N) is 1. The SMILES string of the molecule is CC[C@@H]1CN2CCc3c([nH]c4ccc(Cl)c(OC)c34)[C@@H]2C[C@@H]1/C(=C\OC)COC=O. The van der Waals surface area contributed by atoms with Gasteiger partial charge in [-0.15, -0.1) is 0 Å². The van der Waals surface area contributed by atoms with E-state index in [2.05, 4.69) is 16.8 Å². The van der Waals surface area contributed by atoms with Gasteiger partial charge in [0.1, 0.15) is 12.4 Å². The second-order valence-electron chi connectivity index (χ2n) is 8.13. The highest BCUT2D eigenvalue weighted by Gasteiger charge is 2.41. The summed E-state index contributed by atoms with van der Waals surface area (Å²) in [4.78, 5) is 17.1. The summed E-state index contributed by atoms with van der Waals surface area (Å²) in [5.74, 6) is 1.53. The lowest BCUT2D eigenvalue weighted by Crippen LogP contribution is -2.46. The topological polar surface area (TPSA) is 63.8 Å². The number of nitrogens with zero attached hydrogens (tertiary/aromatic N) is 1. The zero-order chi connectivity index (χ0) is 21.3. The Bertz CT molecular complexity index is 954. The summed E-state index contributed by atoms with van der Waals surface area (Å²) in [5.41, 5.74) is 4.67. The molecule has 3 atom stereocenters. The zero-order valence-corrected chi connectivity index (χ0v) is 18.5. The van der Waals surface area contributed by atoms with E-state index in [-0.39, 0.29) is 12.6 Å². The van der Waals surface area contributed by atoms with Crippen molar-refractivity contribution in [3.63, 3.8) is 0 Å². The van der Waals surface area contributed by atoms with Crippen molar-refractivity contribution in [1.82, 2.24) is 9.88 Å². The van der Waals surface area contributed by atoms with Gasteiger partial charge in [0.2, 0.25) is 0 Å². The summed E-state index contributed by atoms with van der Waals surface area (Å²) in [7, 11) is 3.32. The summed E-state index contributed by atoms with van der Waals surface area (Å²) in [6, 6.07) is 4.19. The number of carbonyl (C=O) groups excluding carboxylic acids is 1. The van der Waals surface area contributed by atoms with E-state index in [1.807, 2.05) is 12.1 Å². The lowest BCUT2D eigenvalue weighted by molar-refractivity contribution is -0.128. The number of aromatic nitrogens is 1. The van der Waals surface area contributed by atoms with Gasteiger partial charge in [0.25, 0.3) is 6.47 Å². The molecule has 6 nitrogen and oxygen atoms in total. The monoisotopic (exact) mass is 432 g/mol. The molecule has 162 valence electrons. The van der Waals surface area contributed by atoms with Gasteiger partial charge < -0.3 is 19.2 Å². The van der Waals surface area contributed by atoms with Crippen molar-refractivity contribution >= 4 is 29.0 Å². The molecule has 0 spiro atoms. The minimum absolute atomic E-state index is 0.272. The third kappa shape index (κ3) is 3.56. The quantitative estimate of drug-likeness (QED) is 0.516. The van der Waals surface area contributed by atoms with Crippen LogP contribution in [-0.4, -0.2) is 50.3 Å². The molecule has 30 heavy (non-hydrogen) atoms. The molecule has 2 aliphatic rings. The molecule has 0 unspecified atom stereocenters. The maximum absolute atomic E-state index is 10.8. The predicted octanol–water partition coefficient (Wildman–Crippen LogP) is 4.48. The molecule has 0 saturated carbocycles. The molecule has 2 aliphatic heterocycles. The highest BCUT2D eigenvalue weighted by molar-refractivity contribution is 6.33. The number of fused-ring (bicyclic) bond motifs is 5. The van der Waals surface area contributed by atoms with Gasteiger partial charge in [-0.25, -0.2) is 0 Å². The number of carbonyl (C=O) groups is 1. The Morgan fingerprint density at radius 1 is 1.37 bits per heavy atom. The minimum Gasteiger partial charge on any atom is -0.504 e. The van der Waals surface area contributed by atoms with Gasteiger partial charge in [-0.05, 0) is 42.4 Å². The number of aromatic amines is 1. The molecule has 3 heterocycles. The standard InChI is InChI=1S/C23H29ClN2O4/c1-4-14-10-26-8-7-16-21-19(6-5-18(24)23(21)29-3)25-22(16)20(26)9-17(14)15(11-28-2)12-30-13-27/h5-6,11,13-14,17,20,25H,4,7-10,12H2,1-3H3/b15-11-/t14-,17+,20+/m1/s1. The van der Waals surface area contributed by atoms with Crippen LogP contribution in [0.3, 0.4) is 0 Å². The lowest BCUT2D eigenvalue weighted by Gasteiger charge is -2.46. The van der Waals surface area contributed by atoms with Gasteiger partial charge >= 0.3 is 0 Å². The van der Waals surface area contributed by atoms with Crippen LogP contribution in [0.5, 0.6) is 5.75 Å². The van der Waals surface area contributed by atoms with Crippen LogP contribution in [0.25, 0.3) is 10.9 Å². The van der Waals surface area contributed by atoms with E-state index in [9.17, 15) is 4.79 Å². The third-order valence-electron chi connectivity index (χ3n) is 6.74. The highest BCUT2D eigenvalue weighted by Crippen LogP contribution is 2.47. The number of piperidine rings is 1. The second kappa shape index (κ2) is 8.90. The smallest absolute Gasteiger partial charge is 0.293 e. The number of halogens is 1. The number of benzene rings is 1. The Labute approximate surface area is 182 Å². The van der Waals surface area contributed by atoms with Crippen LogP contribution in [-0.2, 0) is 20.7 Å². The van der Waals surface area contributed by atoms with E-state index in [0.29, 0.717) is 23.3 Å². The fourth-order valence-electron chi connectivity index (χ4n) is 5.38. The second-order valence-corrected chi connectivity index (χ2v) is 8.53. The largest absolute Gasteiger partial charge is 0.504 e. The van der Waals surface area contributed by atoms with Gasteiger partial charge in [-0.2, -0.15) is 0 Å². The average molecular weight is 433 g/mol. The zero-order valence-electron chi connectivity index (χ0n) is 17.7. The molecule has 1 saturated heterocycles. The summed E-state index contributed by atoms with van der Waals surface area (Å²) in [6.07, 6.45) is 4.74. The van der Waals surface area contributed by atoms with E-state index in [1.165, 1.54) is 11.3 Å². The Hall–Kier alpha value is -2.18. The number of methoxy groups -OCH3 is 2. The third-order valence-corrected chi connectivity index (χ3v) is 7.03. The summed E-state index contributed by atoms with van der Waals surface area (Å²) in [5, 5.41) is 1.74. The van der Waals surface area contributed by atoms with E-state index in [4.69, 9.17) is 25.8 Å². The van der Waals surface area contributed by atoms with Gasteiger partial charge in [0, 0.05) is 35.3 Å². The maximum atomic E-state index is 10.8. The van der Waals surface area contributed by atoms with Crippen molar-refractivity contribution in [1.29, 1.82) is 0 Å². The molecule has 7 heteroatoms. The van der Waals surface area contributed by atoms with Crippen molar-refractivity contribution in [2.75, 3.05) is 33.9 Å². The predicted molar refractivity (Wildman–Crippen MR) is 117 cm³/mol. The van der Waals surface area contributed by atoms with Crippen molar-refractivity contribution in [2.24, 2.45) is 11.8 Å². The van der Waals surface area contributed by atoms with Crippen LogP contribution in [0.15, 0.2) is 24.0 Å². The Balaban J connectivity index is 1.74. The minimum atomic E-state index is 0.272. The van der Waals surface area contributed by atoms with Gasteiger partial charge in [-0.1, -0.05) is 24.9 Å². The number of ether oxygens (including phenoxy) is 3. The molecule has 2 aromatic rings. The number of rotatable bonds is 7. The molecule has 1 N–H and O–H groups in total. The summed E-state index contributed by atoms with van der Waals surface area (Å²) >= 11 is 6.41. The Morgan fingerprint density at radius 3 is 2.90 bits per heavy atom. The van der Waals surface area contributed by atoms with Gasteiger partial charge in [-0.3, -0.25) is 9.69 Å². The fraction of sp³-hybridized carbons (Fsp3) is 0.522. The highest BCUT2D eigenvalue weighted by atomic mass is 35.5. The first kappa shape index (κ1) is 21.1. The van der Waals surface area contributed by atoms with Gasteiger partial charge in [0.05, 0.1) is 31.5 Å². The molecule has 1 aromatic heterocycles. The number of hydrogen-bond donors (Lipinski definition) is 1. The van der Waals surface area contributed by atoms with Crippen LogP contribution in [0.2, 0.25) is 5.02 Å². The average Bonchev–Trinajstić information content (AvgIpc) is 3.15. The molecular formula is C23H29ClN2O4. The van der Waals surface area contributed by atoms with Crippen LogP contribution in [0.1, 0.15) is 37.1 Å². The first-order valence-electron chi connectivity index (χ1n) is 10.5.